The van der Waals surface area contributed by atoms with Crippen LogP contribution in [-0.2, 0) is 0 Å². The van der Waals surface area contributed by atoms with E-state index in [9.17, 15) is 0 Å². The summed E-state index contributed by atoms with van der Waals surface area (Å²) >= 11 is 1.52. The first kappa shape index (κ1) is 16.1. The van der Waals surface area contributed by atoms with Gasteiger partial charge >= 0.3 is 0 Å². The highest BCUT2D eigenvalue weighted by molar-refractivity contribution is 7.98. The Morgan fingerprint density at radius 1 is 1.32 bits per heavy atom. The van der Waals surface area contributed by atoms with Crippen LogP contribution in [0.2, 0.25) is 0 Å². The second-order valence-corrected chi connectivity index (χ2v) is 5.38. The monoisotopic (exact) mass is 283 g/mol. The van der Waals surface area contributed by atoms with Gasteiger partial charge < -0.3 is 10.1 Å². The van der Waals surface area contributed by atoms with Crippen LogP contribution in [0.4, 0.5) is 5.82 Å². The predicted molar refractivity (Wildman–Crippen MR) is 82.2 cm³/mol. The van der Waals surface area contributed by atoms with Crippen molar-refractivity contribution >= 4 is 17.6 Å². The fourth-order valence-corrected chi connectivity index (χ4v) is 2.18. The van der Waals surface area contributed by atoms with Gasteiger partial charge in [-0.05, 0) is 26.0 Å². The third-order valence-corrected chi connectivity index (χ3v) is 3.45. The molecule has 0 aliphatic carbocycles. The molecule has 1 heterocycles. The molecular formula is C14H25N3OS. The summed E-state index contributed by atoms with van der Waals surface area (Å²) in [6.45, 7) is 4.33. The number of anilines is 1. The Kier molecular flexibility index (Phi) is 7.63. The summed E-state index contributed by atoms with van der Waals surface area (Å²) in [5, 5.41) is 3.77. The summed E-state index contributed by atoms with van der Waals surface area (Å²) in [5.41, 5.74) is 0. The average Bonchev–Trinajstić information content (AvgIpc) is 2.43. The van der Waals surface area contributed by atoms with Crippen LogP contribution in [0.5, 0.6) is 5.88 Å². The molecule has 1 atom stereocenters. The lowest BCUT2D eigenvalue weighted by Crippen LogP contribution is -2.13. The highest BCUT2D eigenvalue weighted by Crippen LogP contribution is 2.20. The summed E-state index contributed by atoms with van der Waals surface area (Å²) in [6.07, 6.45) is 8.32. The number of nitrogens with zero attached hydrogens (tertiary/aromatic N) is 2. The van der Waals surface area contributed by atoms with Gasteiger partial charge in [0.2, 0.25) is 5.88 Å². The Morgan fingerprint density at radius 3 is 2.74 bits per heavy atom. The van der Waals surface area contributed by atoms with E-state index in [1.807, 2.05) is 19.4 Å². The Hall–Kier alpha value is -0.970. The molecule has 0 amide bonds. The van der Waals surface area contributed by atoms with E-state index in [2.05, 4.69) is 29.1 Å². The van der Waals surface area contributed by atoms with E-state index in [0.717, 1.165) is 17.4 Å². The predicted octanol–water partition coefficient (Wildman–Crippen LogP) is 3.98. The van der Waals surface area contributed by atoms with Crippen molar-refractivity contribution in [3.05, 3.63) is 6.07 Å². The molecule has 1 aromatic heterocycles. The van der Waals surface area contributed by atoms with Gasteiger partial charge in [-0.1, -0.05) is 37.9 Å². The molecular weight excluding hydrogens is 258 g/mol. The van der Waals surface area contributed by atoms with Gasteiger partial charge in [0.25, 0.3) is 0 Å². The number of unbranched alkanes of at least 4 members (excludes halogenated alkanes) is 3. The van der Waals surface area contributed by atoms with Crippen LogP contribution in [0.15, 0.2) is 11.2 Å². The van der Waals surface area contributed by atoms with Crippen molar-refractivity contribution in [2.75, 3.05) is 18.6 Å². The average molecular weight is 283 g/mol. The molecule has 108 valence electrons. The minimum Gasteiger partial charge on any atom is -0.474 e. The number of hydrogen-bond donors (Lipinski definition) is 1. The summed E-state index contributed by atoms with van der Waals surface area (Å²) in [5.74, 6) is 1.46. The maximum atomic E-state index is 5.88. The van der Waals surface area contributed by atoms with E-state index in [1.54, 1.807) is 0 Å². The normalized spacial score (nSPS) is 12.2. The van der Waals surface area contributed by atoms with Gasteiger partial charge in [0.05, 0.1) is 6.10 Å². The van der Waals surface area contributed by atoms with Gasteiger partial charge in [0.1, 0.15) is 5.82 Å². The van der Waals surface area contributed by atoms with Crippen LogP contribution in [-0.4, -0.2) is 29.4 Å². The van der Waals surface area contributed by atoms with E-state index in [1.165, 1.54) is 37.4 Å². The lowest BCUT2D eigenvalue weighted by atomic mass is 10.1. The standard InChI is InChI=1S/C14H25N3OS/c1-5-6-7-8-9-11(2)18-13-10-12(15-3)16-14(17-13)19-4/h10-11H,5-9H2,1-4H3,(H,15,16,17). The molecule has 0 aliphatic rings. The molecule has 19 heavy (non-hydrogen) atoms. The van der Waals surface area contributed by atoms with Gasteiger partial charge in [-0.3, -0.25) is 0 Å². The molecule has 0 spiro atoms. The quantitative estimate of drug-likeness (QED) is 0.422. The maximum Gasteiger partial charge on any atom is 0.219 e. The molecule has 4 nitrogen and oxygen atoms in total. The molecule has 1 unspecified atom stereocenters. The van der Waals surface area contributed by atoms with Gasteiger partial charge in [-0.15, -0.1) is 0 Å². The first-order chi connectivity index (χ1) is 9.19. The summed E-state index contributed by atoms with van der Waals surface area (Å²) < 4.78 is 5.88. The molecule has 1 rings (SSSR count). The van der Waals surface area contributed by atoms with Crippen molar-refractivity contribution in [1.29, 1.82) is 0 Å². The highest BCUT2D eigenvalue weighted by Gasteiger charge is 2.08. The molecule has 5 heteroatoms. The third kappa shape index (κ3) is 6.14. The van der Waals surface area contributed by atoms with E-state index >= 15 is 0 Å². The van der Waals surface area contributed by atoms with E-state index in [-0.39, 0.29) is 6.10 Å². The summed E-state index contributed by atoms with van der Waals surface area (Å²) in [6, 6.07) is 1.85. The number of ether oxygens (including phenoxy) is 1. The fourth-order valence-electron chi connectivity index (χ4n) is 1.81. The van der Waals surface area contributed by atoms with Crippen LogP contribution >= 0.6 is 11.8 Å². The molecule has 0 fully saturated rings. The van der Waals surface area contributed by atoms with Crippen LogP contribution in [0.25, 0.3) is 0 Å². The molecule has 0 aliphatic heterocycles. The Bertz CT molecular complexity index is 351. The molecule has 0 saturated carbocycles. The second-order valence-electron chi connectivity index (χ2n) is 4.61. The number of thioether (sulfide) groups is 1. The van der Waals surface area contributed by atoms with Crippen molar-refractivity contribution in [2.24, 2.45) is 0 Å². The van der Waals surface area contributed by atoms with E-state index < -0.39 is 0 Å². The van der Waals surface area contributed by atoms with Crippen LogP contribution in [0.3, 0.4) is 0 Å². The molecule has 1 aromatic rings. The zero-order chi connectivity index (χ0) is 14.1. The number of aromatic nitrogens is 2. The number of nitrogens with one attached hydrogen (secondary N) is 1. The van der Waals surface area contributed by atoms with Crippen molar-refractivity contribution in [3.63, 3.8) is 0 Å². The van der Waals surface area contributed by atoms with Gasteiger partial charge in [0.15, 0.2) is 5.16 Å². The lowest BCUT2D eigenvalue weighted by molar-refractivity contribution is 0.196. The van der Waals surface area contributed by atoms with Crippen molar-refractivity contribution in [2.45, 2.75) is 57.2 Å². The number of rotatable bonds is 9. The van der Waals surface area contributed by atoms with Gasteiger partial charge in [0, 0.05) is 13.1 Å². The van der Waals surface area contributed by atoms with Crippen LogP contribution in [0, 0.1) is 0 Å². The maximum absolute atomic E-state index is 5.88. The number of hydrogen-bond acceptors (Lipinski definition) is 5. The first-order valence-electron chi connectivity index (χ1n) is 6.97. The Morgan fingerprint density at radius 2 is 2.11 bits per heavy atom. The van der Waals surface area contributed by atoms with Gasteiger partial charge in [-0.2, -0.15) is 4.98 Å². The molecule has 0 aromatic carbocycles. The first-order valence-corrected chi connectivity index (χ1v) is 8.19. The van der Waals surface area contributed by atoms with E-state index in [4.69, 9.17) is 4.74 Å². The SMILES string of the molecule is CCCCCCC(C)Oc1cc(NC)nc(SC)n1. The smallest absolute Gasteiger partial charge is 0.219 e. The largest absolute Gasteiger partial charge is 0.474 e. The molecule has 0 saturated heterocycles. The van der Waals surface area contributed by atoms with Crippen LogP contribution < -0.4 is 10.1 Å². The zero-order valence-corrected chi connectivity index (χ0v) is 13.2. The topological polar surface area (TPSA) is 47.0 Å². The molecule has 1 N–H and O–H groups in total. The highest BCUT2D eigenvalue weighted by atomic mass is 32.2. The van der Waals surface area contributed by atoms with Gasteiger partial charge in [-0.25, -0.2) is 4.98 Å². The Balaban J connectivity index is 2.50. The lowest BCUT2D eigenvalue weighted by Gasteiger charge is -2.14. The van der Waals surface area contributed by atoms with Crippen molar-refractivity contribution < 1.29 is 4.74 Å². The third-order valence-electron chi connectivity index (χ3n) is 2.91. The second kappa shape index (κ2) is 9.02. The van der Waals surface area contributed by atoms with Crippen LogP contribution in [0.1, 0.15) is 46.0 Å². The zero-order valence-electron chi connectivity index (χ0n) is 12.4. The summed E-state index contributed by atoms with van der Waals surface area (Å²) in [7, 11) is 1.85. The molecule has 0 bridgehead atoms. The van der Waals surface area contributed by atoms with Crippen molar-refractivity contribution in [3.8, 4) is 5.88 Å². The van der Waals surface area contributed by atoms with E-state index in [0.29, 0.717) is 5.88 Å². The fraction of sp³-hybridized carbons (Fsp3) is 0.714. The Labute approximate surface area is 120 Å². The van der Waals surface area contributed by atoms with Crippen molar-refractivity contribution in [1.82, 2.24) is 9.97 Å². The summed E-state index contributed by atoms with van der Waals surface area (Å²) in [4.78, 5) is 8.70. The molecule has 0 radical (unpaired) electrons. The minimum absolute atomic E-state index is 0.200. The minimum atomic E-state index is 0.200.